The second kappa shape index (κ2) is 11.1. The van der Waals surface area contributed by atoms with Crippen molar-refractivity contribution in [1.29, 1.82) is 0 Å². The van der Waals surface area contributed by atoms with Gasteiger partial charge in [0.1, 0.15) is 5.54 Å². The van der Waals surface area contributed by atoms with Crippen LogP contribution in [0.2, 0.25) is 0 Å². The summed E-state index contributed by atoms with van der Waals surface area (Å²) < 4.78 is 80.4. The number of halogens is 6. The minimum Gasteiger partial charge on any atom is -0.263 e. The Morgan fingerprint density at radius 3 is 0.927 bits per heavy atom. The highest BCUT2D eigenvalue weighted by Gasteiger charge is 2.37. The van der Waals surface area contributed by atoms with E-state index in [9.17, 15) is 26.3 Å². The Labute approximate surface area is 233 Å². The normalized spacial score (nSPS) is 12.1. The Kier molecular flexibility index (Phi) is 7.54. The van der Waals surface area contributed by atoms with Crippen molar-refractivity contribution in [2.45, 2.75) is 17.9 Å². The van der Waals surface area contributed by atoms with Crippen LogP contribution in [-0.2, 0) is 17.9 Å². The summed E-state index contributed by atoms with van der Waals surface area (Å²) in [5, 5.41) is 0. The Morgan fingerprint density at radius 2 is 0.659 bits per heavy atom. The summed E-state index contributed by atoms with van der Waals surface area (Å²) in [6, 6.07) is 37.2. The lowest BCUT2D eigenvalue weighted by Crippen LogP contribution is -2.29. The first-order chi connectivity index (χ1) is 19.6. The molecule has 5 rings (SSSR count). The molecule has 5 aromatic rings. The SMILES string of the molecule is FC(F)(F)c1ccc(C(=NC(c2ccccc2)(c2ccccc2)c2ccccc2)c2ccc(C(F)(F)F)cc2)cc1. The summed E-state index contributed by atoms with van der Waals surface area (Å²) in [6.07, 6.45) is -9.10. The van der Waals surface area contributed by atoms with Crippen molar-refractivity contribution in [3.63, 3.8) is 0 Å². The van der Waals surface area contributed by atoms with E-state index in [1.807, 2.05) is 91.0 Å². The lowest BCUT2D eigenvalue weighted by atomic mass is 9.77. The molecule has 0 radical (unpaired) electrons. The number of benzene rings is 5. The predicted molar refractivity (Wildman–Crippen MR) is 148 cm³/mol. The molecule has 0 aliphatic heterocycles. The van der Waals surface area contributed by atoms with Gasteiger partial charge in [0.15, 0.2) is 0 Å². The van der Waals surface area contributed by atoms with Crippen LogP contribution in [0, 0.1) is 0 Å². The molecule has 0 saturated heterocycles. The minimum atomic E-state index is -4.55. The molecule has 0 atom stereocenters. The maximum Gasteiger partial charge on any atom is 0.416 e. The Hall–Kier alpha value is -4.65. The van der Waals surface area contributed by atoms with E-state index < -0.39 is 29.0 Å². The first-order valence-corrected chi connectivity index (χ1v) is 12.7. The third-order valence-corrected chi connectivity index (χ3v) is 6.83. The molecule has 0 bridgehead atoms. The highest BCUT2D eigenvalue weighted by Crippen LogP contribution is 2.42. The molecule has 206 valence electrons. The monoisotopic (exact) mass is 559 g/mol. The highest BCUT2D eigenvalue weighted by atomic mass is 19.4. The zero-order valence-corrected chi connectivity index (χ0v) is 21.5. The molecule has 0 spiro atoms. The topological polar surface area (TPSA) is 12.4 Å². The van der Waals surface area contributed by atoms with E-state index in [0.29, 0.717) is 11.1 Å². The van der Waals surface area contributed by atoms with Gasteiger partial charge in [0, 0.05) is 11.1 Å². The quantitative estimate of drug-likeness (QED) is 0.112. The van der Waals surface area contributed by atoms with Gasteiger partial charge in [-0.2, -0.15) is 26.3 Å². The van der Waals surface area contributed by atoms with E-state index >= 15 is 0 Å². The van der Waals surface area contributed by atoms with Gasteiger partial charge in [-0.15, -0.1) is 0 Å². The summed E-state index contributed by atoms with van der Waals surface area (Å²) in [5.74, 6) is 0. The van der Waals surface area contributed by atoms with Crippen molar-refractivity contribution < 1.29 is 26.3 Å². The molecule has 0 heterocycles. The van der Waals surface area contributed by atoms with Crippen LogP contribution in [0.5, 0.6) is 0 Å². The summed E-state index contributed by atoms with van der Waals surface area (Å²) in [7, 11) is 0. The Balaban J connectivity index is 1.85. The molecule has 0 amide bonds. The second-order valence-corrected chi connectivity index (χ2v) is 9.42. The van der Waals surface area contributed by atoms with Crippen molar-refractivity contribution in [2.24, 2.45) is 4.99 Å². The van der Waals surface area contributed by atoms with Gasteiger partial charge in [-0.3, -0.25) is 4.99 Å². The largest absolute Gasteiger partial charge is 0.416 e. The third kappa shape index (κ3) is 5.80. The lowest BCUT2D eigenvalue weighted by molar-refractivity contribution is -0.138. The first kappa shape index (κ1) is 27.9. The molecule has 7 heteroatoms. The van der Waals surface area contributed by atoms with E-state index in [0.717, 1.165) is 41.0 Å². The molecule has 5 aromatic carbocycles. The average Bonchev–Trinajstić information content (AvgIpc) is 2.99. The van der Waals surface area contributed by atoms with E-state index in [2.05, 4.69) is 0 Å². The second-order valence-electron chi connectivity index (χ2n) is 9.42. The number of hydrogen-bond acceptors (Lipinski definition) is 1. The molecule has 0 N–H and O–H groups in total. The fourth-order valence-electron chi connectivity index (χ4n) is 4.83. The molecular formula is C34H23F6N. The average molecular weight is 560 g/mol. The third-order valence-electron chi connectivity index (χ3n) is 6.83. The Bertz CT molecular complexity index is 1450. The maximum absolute atomic E-state index is 13.4. The lowest BCUT2D eigenvalue weighted by Gasteiger charge is -2.33. The minimum absolute atomic E-state index is 0.240. The van der Waals surface area contributed by atoms with Crippen molar-refractivity contribution in [2.75, 3.05) is 0 Å². The number of rotatable bonds is 6. The van der Waals surface area contributed by atoms with Crippen molar-refractivity contribution in [3.8, 4) is 0 Å². The maximum atomic E-state index is 13.4. The van der Waals surface area contributed by atoms with Gasteiger partial charge >= 0.3 is 12.4 Å². The van der Waals surface area contributed by atoms with E-state index in [-0.39, 0.29) is 5.71 Å². The highest BCUT2D eigenvalue weighted by molar-refractivity contribution is 6.13. The van der Waals surface area contributed by atoms with Gasteiger partial charge in [0.05, 0.1) is 16.8 Å². The number of aliphatic imine (C=N–C) groups is 1. The van der Waals surface area contributed by atoms with E-state index in [4.69, 9.17) is 4.99 Å². The van der Waals surface area contributed by atoms with Crippen LogP contribution >= 0.6 is 0 Å². The number of nitrogens with zero attached hydrogens (tertiary/aromatic N) is 1. The smallest absolute Gasteiger partial charge is 0.263 e. The molecule has 0 aromatic heterocycles. The zero-order chi connectivity index (χ0) is 29.1. The fraction of sp³-hybridized carbons (Fsp3) is 0.0882. The van der Waals surface area contributed by atoms with Gasteiger partial charge < -0.3 is 0 Å². The van der Waals surface area contributed by atoms with Gasteiger partial charge in [0.25, 0.3) is 0 Å². The molecular weight excluding hydrogens is 536 g/mol. The number of hydrogen-bond donors (Lipinski definition) is 0. The summed E-state index contributed by atoms with van der Waals surface area (Å²) in [6.45, 7) is 0. The van der Waals surface area contributed by atoms with Crippen molar-refractivity contribution in [1.82, 2.24) is 0 Å². The molecule has 0 aliphatic rings. The molecule has 0 unspecified atom stereocenters. The molecule has 1 nitrogen and oxygen atoms in total. The van der Waals surface area contributed by atoms with Crippen molar-refractivity contribution in [3.05, 3.63) is 178 Å². The van der Waals surface area contributed by atoms with E-state index in [1.165, 1.54) is 24.3 Å². The molecule has 0 saturated carbocycles. The standard InChI is InChI=1S/C34H23F6N/c35-33(36,37)29-20-16-24(17-21-29)31(25-18-22-30(23-19-25)34(38,39)40)41-32(26-10-4-1-5-11-26,27-12-6-2-7-13-27)28-14-8-3-9-15-28/h1-23H. The molecule has 41 heavy (non-hydrogen) atoms. The van der Waals surface area contributed by atoms with Crippen LogP contribution in [0.25, 0.3) is 0 Å². The molecule has 0 aliphatic carbocycles. The van der Waals surface area contributed by atoms with Crippen LogP contribution < -0.4 is 0 Å². The van der Waals surface area contributed by atoms with Crippen LogP contribution in [0.15, 0.2) is 145 Å². The van der Waals surface area contributed by atoms with Crippen LogP contribution in [-0.4, -0.2) is 5.71 Å². The first-order valence-electron chi connectivity index (χ1n) is 12.7. The zero-order valence-electron chi connectivity index (χ0n) is 21.5. The summed E-state index contributed by atoms with van der Waals surface area (Å²) in [4.78, 5) is 5.30. The Morgan fingerprint density at radius 1 is 0.366 bits per heavy atom. The van der Waals surface area contributed by atoms with Gasteiger partial charge in [0.2, 0.25) is 0 Å². The van der Waals surface area contributed by atoms with Crippen molar-refractivity contribution >= 4 is 5.71 Å². The van der Waals surface area contributed by atoms with E-state index in [1.54, 1.807) is 0 Å². The van der Waals surface area contributed by atoms with Gasteiger partial charge in [-0.1, -0.05) is 115 Å². The predicted octanol–water partition coefficient (Wildman–Crippen LogP) is 9.55. The summed E-state index contributed by atoms with van der Waals surface area (Å²) >= 11 is 0. The van der Waals surface area contributed by atoms with Crippen LogP contribution in [0.1, 0.15) is 38.9 Å². The van der Waals surface area contributed by atoms with Gasteiger partial charge in [-0.25, -0.2) is 0 Å². The molecule has 0 fully saturated rings. The number of alkyl halides is 6. The van der Waals surface area contributed by atoms with Crippen LogP contribution in [0.3, 0.4) is 0 Å². The fourth-order valence-corrected chi connectivity index (χ4v) is 4.83. The summed E-state index contributed by atoms with van der Waals surface area (Å²) in [5.41, 5.74) is 0.335. The van der Waals surface area contributed by atoms with Gasteiger partial charge in [-0.05, 0) is 41.0 Å². The van der Waals surface area contributed by atoms with Crippen LogP contribution in [0.4, 0.5) is 26.3 Å².